The fraction of sp³-hybridized carbons (Fsp3) is 0.200. The van der Waals surface area contributed by atoms with Crippen molar-refractivity contribution in [3.63, 3.8) is 0 Å². The predicted octanol–water partition coefficient (Wildman–Crippen LogP) is 5.45. The van der Waals surface area contributed by atoms with Gasteiger partial charge in [-0.15, -0.1) is 10.2 Å². The normalized spacial score (nSPS) is 11.0. The van der Waals surface area contributed by atoms with Crippen molar-refractivity contribution in [3.05, 3.63) is 64.9 Å². The van der Waals surface area contributed by atoms with Crippen LogP contribution in [0.1, 0.15) is 18.3 Å². The van der Waals surface area contributed by atoms with Crippen molar-refractivity contribution in [3.8, 4) is 0 Å². The number of amides is 1. The van der Waals surface area contributed by atoms with Crippen molar-refractivity contribution in [1.82, 2.24) is 19.7 Å². The lowest BCUT2D eigenvalue weighted by atomic mass is 10.2. The molecule has 1 N–H and O–H groups in total. The van der Waals surface area contributed by atoms with Crippen LogP contribution in [0.15, 0.2) is 52.9 Å². The molecule has 0 atom stereocenters. The van der Waals surface area contributed by atoms with E-state index in [0.717, 1.165) is 21.2 Å². The minimum Gasteiger partial charge on any atom is -0.450 e. The smallest absolute Gasteiger partial charge is 0.413 e. The van der Waals surface area contributed by atoms with Gasteiger partial charge in [-0.05, 0) is 30.7 Å². The first kappa shape index (κ1) is 20.6. The molecule has 0 radical (unpaired) electrons. The first-order chi connectivity index (χ1) is 14.6. The Morgan fingerprint density at radius 1 is 1.23 bits per heavy atom. The molecule has 0 spiro atoms. The molecule has 0 aliphatic rings. The van der Waals surface area contributed by atoms with E-state index in [9.17, 15) is 4.79 Å². The Hall–Kier alpha value is -2.62. The minimum absolute atomic E-state index is 0.299. The number of anilines is 1. The molecule has 0 bridgehead atoms. The van der Waals surface area contributed by atoms with Crippen molar-refractivity contribution in [2.75, 3.05) is 11.9 Å². The second kappa shape index (κ2) is 9.46. The number of hydrogen-bond acceptors (Lipinski definition) is 7. The van der Waals surface area contributed by atoms with E-state index in [1.807, 2.05) is 36.4 Å². The van der Waals surface area contributed by atoms with Crippen LogP contribution in [0.25, 0.3) is 11.0 Å². The lowest BCUT2D eigenvalue weighted by molar-refractivity contribution is 0.168. The van der Waals surface area contributed by atoms with E-state index < -0.39 is 6.09 Å². The number of thioether (sulfide) groups is 1. The Bertz CT molecular complexity index is 1160. The van der Waals surface area contributed by atoms with Crippen molar-refractivity contribution in [2.45, 2.75) is 23.6 Å². The van der Waals surface area contributed by atoms with E-state index in [4.69, 9.17) is 21.3 Å². The van der Waals surface area contributed by atoms with Gasteiger partial charge in [0.1, 0.15) is 5.82 Å². The quantitative estimate of drug-likeness (QED) is 0.292. The molecule has 154 valence electrons. The lowest BCUT2D eigenvalue weighted by Gasteiger charge is -2.09. The number of imidazole rings is 1. The van der Waals surface area contributed by atoms with E-state index in [1.165, 1.54) is 28.7 Å². The van der Waals surface area contributed by atoms with Crippen molar-refractivity contribution in [2.24, 2.45) is 0 Å². The van der Waals surface area contributed by atoms with Crippen LogP contribution in [0.4, 0.5) is 9.93 Å². The van der Waals surface area contributed by atoms with Gasteiger partial charge in [0, 0.05) is 11.6 Å². The average molecular weight is 460 g/mol. The van der Waals surface area contributed by atoms with Crippen LogP contribution in [0.5, 0.6) is 0 Å². The van der Waals surface area contributed by atoms with Crippen molar-refractivity contribution >= 4 is 57.0 Å². The number of nitrogens with one attached hydrogen (secondary N) is 1. The highest BCUT2D eigenvalue weighted by atomic mass is 35.5. The first-order valence-corrected chi connectivity index (χ1v) is 11.4. The van der Waals surface area contributed by atoms with Gasteiger partial charge in [0.15, 0.2) is 4.34 Å². The molecular formula is C20H18ClN5O2S2. The number of ether oxygens (including phenoxy) is 1. The van der Waals surface area contributed by atoms with Gasteiger partial charge in [-0.3, -0.25) is 5.32 Å². The lowest BCUT2D eigenvalue weighted by Crippen LogP contribution is -2.12. The van der Waals surface area contributed by atoms with E-state index in [0.29, 0.717) is 29.1 Å². The van der Waals surface area contributed by atoms with Gasteiger partial charge >= 0.3 is 6.09 Å². The van der Waals surface area contributed by atoms with Gasteiger partial charge in [-0.25, -0.2) is 9.78 Å². The summed E-state index contributed by atoms with van der Waals surface area (Å²) in [6, 6.07) is 16.0. The summed E-state index contributed by atoms with van der Waals surface area (Å²) in [4.78, 5) is 16.3. The number of fused-ring (bicyclic) bond motifs is 1. The molecule has 1 amide bonds. The summed E-state index contributed by atoms with van der Waals surface area (Å²) in [7, 11) is 0. The van der Waals surface area contributed by atoms with Gasteiger partial charge in [0.2, 0.25) is 5.13 Å². The Morgan fingerprint density at radius 3 is 2.87 bits per heavy atom. The molecule has 30 heavy (non-hydrogen) atoms. The Labute approximate surface area is 186 Å². The van der Waals surface area contributed by atoms with Gasteiger partial charge in [0.25, 0.3) is 0 Å². The third kappa shape index (κ3) is 4.92. The monoisotopic (exact) mass is 459 g/mol. The first-order valence-electron chi connectivity index (χ1n) is 9.21. The fourth-order valence-electron chi connectivity index (χ4n) is 2.90. The maximum Gasteiger partial charge on any atom is 0.413 e. The molecule has 7 nitrogen and oxygen atoms in total. The standard InChI is InChI=1S/C20H18ClN5O2S2/c1-2-28-19(27)23-18-24-25-20(30-18)29-12-17-22-15-10-14(21)8-9-16(15)26(17)11-13-6-4-3-5-7-13/h3-10H,2,11-12H2,1H3,(H,23,24,27). The highest BCUT2D eigenvalue weighted by Crippen LogP contribution is 2.30. The summed E-state index contributed by atoms with van der Waals surface area (Å²) in [5.41, 5.74) is 3.08. The highest BCUT2D eigenvalue weighted by molar-refractivity contribution is 8.00. The second-order valence-electron chi connectivity index (χ2n) is 6.24. The average Bonchev–Trinajstić information content (AvgIpc) is 3.31. The maximum atomic E-state index is 11.5. The van der Waals surface area contributed by atoms with E-state index in [1.54, 1.807) is 6.92 Å². The number of carbonyl (C=O) groups is 1. The van der Waals surface area contributed by atoms with Crippen LogP contribution in [0, 0.1) is 0 Å². The molecule has 2 aromatic heterocycles. The number of nitrogens with zero attached hydrogens (tertiary/aromatic N) is 4. The third-order valence-corrected chi connectivity index (χ3v) is 6.39. The number of hydrogen-bond donors (Lipinski definition) is 1. The number of halogens is 1. The molecule has 0 fully saturated rings. The Kier molecular flexibility index (Phi) is 6.51. The van der Waals surface area contributed by atoms with Crippen molar-refractivity contribution in [1.29, 1.82) is 0 Å². The zero-order chi connectivity index (χ0) is 20.9. The van der Waals surface area contributed by atoms with Gasteiger partial charge in [0.05, 0.1) is 23.4 Å². The number of carbonyl (C=O) groups excluding carboxylic acids is 1. The zero-order valence-electron chi connectivity index (χ0n) is 16.0. The largest absolute Gasteiger partial charge is 0.450 e. The fourth-order valence-corrected chi connectivity index (χ4v) is 4.76. The maximum absolute atomic E-state index is 11.5. The molecule has 0 aliphatic carbocycles. The topological polar surface area (TPSA) is 81.9 Å². The number of benzene rings is 2. The van der Waals surface area contributed by atoms with Crippen LogP contribution < -0.4 is 5.32 Å². The predicted molar refractivity (Wildman–Crippen MR) is 120 cm³/mol. The number of aromatic nitrogens is 4. The summed E-state index contributed by atoms with van der Waals surface area (Å²) < 4.78 is 7.78. The molecule has 4 rings (SSSR count). The number of rotatable bonds is 7. The van der Waals surface area contributed by atoms with E-state index in [-0.39, 0.29) is 0 Å². The summed E-state index contributed by atoms with van der Waals surface area (Å²) in [5.74, 6) is 1.52. The van der Waals surface area contributed by atoms with Crippen LogP contribution in [-0.4, -0.2) is 32.4 Å². The molecule has 4 aromatic rings. The van der Waals surface area contributed by atoms with E-state index in [2.05, 4.69) is 32.2 Å². The highest BCUT2D eigenvalue weighted by Gasteiger charge is 2.14. The van der Waals surface area contributed by atoms with Crippen molar-refractivity contribution < 1.29 is 9.53 Å². The molecule has 0 aliphatic heterocycles. The Balaban J connectivity index is 1.54. The molecule has 10 heteroatoms. The summed E-state index contributed by atoms with van der Waals surface area (Å²) in [6.07, 6.45) is -0.535. The zero-order valence-corrected chi connectivity index (χ0v) is 18.4. The van der Waals surface area contributed by atoms with Crippen LogP contribution in [-0.2, 0) is 17.0 Å². The molecule has 0 unspecified atom stereocenters. The summed E-state index contributed by atoms with van der Waals surface area (Å²) in [6.45, 7) is 2.75. The van der Waals surface area contributed by atoms with Crippen LogP contribution in [0.3, 0.4) is 0 Å². The SMILES string of the molecule is CCOC(=O)Nc1nnc(SCc2nc3cc(Cl)ccc3n2Cc2ccccc2)s1. The van der Waals surface area contributed by atoms with Gasteiger partial charge in [-0.2, -0.15) is 0 Å². The Morgan fingerprint density at radius 2 is 2.07 bits per heavy atom. The molecule has 0 saturated carbocycles. The molecule has 2 heterocycles. The second-order valence-corrected chi connectivity index (χ2v) is 8.88. The molecular weight excluding hydrogens is 442 g/mol. The molecule has 2 aromatic carbocycles. The van der Waals surface area contributed by atoms with Crippen LogP contribution in [0.2, 0.25) is 5.02 Å². The van der Waals surface area contributed by atoms with Crippen LogP contribution >= 0.6 is 34.7 Å². The van der Waals surface area contributed by atoms with Gasteiger partial charge < -0.3 is 9.30 Å². The summed E-state index contributed by atoms with van der Waals surface area (Å²) in [5, 5.41) is 11.7. The summed E-state index contributed by atoms with van der Waals surface area (Å²) >= 11 is 8.98. The molecule has 0 saturated heterocycles. The van der Waals surface area contributed by atoms with E-state index >= 15 is 0 Å². The van der Waals surface area contributed by atoms with Gasteiger partial charge in [-0.1, -0.05) is 65.0 Å². The minimum atomic E-state index is -0.535. The third-order valence-electron chi connectivity index (χ3n) is 4.19.